The maximum atomic E-state index is 12.0. The first kappa shape index (κ1) is 14.5. The van der Waals surface area contributed by atoms with Crippen LogP contribution in [0.4, 0.5) is 5.69 Å². The summed E-state index contributed by atoms with van der Waals surface area (Å²) in [5.74, 6) is -0.502. The monoisotopic (exact) mass is 250 g/mol. The summed E-state index contributed by atoms with van der Waals surface area (Å²) in [7, 11) is 0. The highest BCUT2D eigenvalue weighted by Gasteiger charge is 2.28. The van der Waals surface area contributed by atoms with Gasteiger partial charge in [-0.3, -0.25) is 10.1 Å². The van der Waals surface area contributed by atoms with Gasteiger partial charge in [0.1, 0.15) is 0 Å². The lowest BCUT2D eigenvalue weighted by atomic mass is 9.79. The normalized spacial score (nSPS) is 12.6. The van der Waals surface area contributed by atoms with Crippen LogP contribution >= 0.6 is 0 Å². The first-order chi connectivity index (χ1) is 7.94. The van der Waals surface area contributed by atoms with Gasteiger partial charge in [-0.2, -0.15) is 0 Å². The molecule has 100 valence electrons. The van der Waals surface area contributed by atoms with Crippen LogP contribution in [-0.4, -0.2) is 4.92 Å². The van der Waals surface area contributed by atoms with Gasteiger partial charge in [-0.15, -0.1) is 0 Å². The zero-order valence-electron chi connectivity index (χ0n) is 11.8. The van der Waals surface area contributed by atoms with E-state index in [0.717, 1.165) is 5.56 Å². The van der Waals surface area contributed by atoms with Gasteiger partial charge in [0.15, 0.2) is 0 Å². The average Bonchev–Trinajstić information content (AvgIpc) is 2.12. The van der Waals surface area contributed by atoms with Crippen LogP contribution in [0.15, 0.2) is 12.1 Å². The van der Waals surface area contributed by atoms with Crippen LogP contribution in [0.5, 0.6) is 5.75 Å². The Morgan fingerprint density at radius 2 is 1.50 bits per heavy atom. The lowest BCUT2D eigenvalue weighted by molar-refractivity contribution is -0.399. The molecule has 0 heterocycles. The first-order valence-corrected chi connectivity index (χ1v) is 5.95. The average molecular weight is 250 g/mol. The molecule has 18 heavy (non-hydrogen) atoms. The molecule has 0 aliphatic rings. The van der Waals surface area contributed by atoms with Crippen molar-refractivity contribution < 1.29 is 10.0 Å². The van der Waals surface area contributed by atoms with Crippen molar-refractivity contribution in [1.82, 2.24) is 0 Å². The van der Waals surface area contributed by atoms with Crippen LogP contribution in [0.25, 0.3) is 0 Å². The van der Waals surface area contributed by atoms with Crippen LogP contribution in [0.1, 0.15) is 52.7 Å². The molecule has 1 rings (SSSR count). The summed E-state index contributed by atoms with van der Waals surface area (Å²) in [5.41, 5.74) is 0.417. The Labute approximate surface area is 108 Å². The van der Waals surface area contributed by atoms with E-state index in [1.165, 1.54) is 6.07 Å². The zero-order chi connectivity index (χ0) is 14.3. The second-order valence-corrected chi connectivity index (χ2v) is 6.63. The molecule has 0 N–H and O–H groups in total. The Bertz CT molecular complexity index is 479. The van der Waals surface area contributed by atoms with Gasteiger partial charge >= 0.3 is 0 Å². The SMILES string of the molecule is CC(C)(C)c1cc([O-])c([N+](=O)[O-])c(C(C)(C)C)c1. The summed E-state index contributed by atoms with van der Waals surface area (Å²) in [5, 5.41) is 23.0. The minimum absolute atomic E-state index is 0.200. The van der Waals surface area contributed by atoms with Gasteiger partial charge in [0, 0.05) is 5.56 Å². The molecule has 0 saturated carbocycles. The Kier molecular flexibility index (Phi) is 3.43. The van der Waals surface area contributed by atoms with E-state index in [0.29, 0.717) is 5.56 Å². The summed E-state index contributed by atoms with van der Waals surface area (Å²) in [6.07, 6.45) is 0. The smallest absolute Gasteiger partial charge is 0.265 e. The first-order valence-electron chi connectivity index (χ1n) is 5.95. The van der Waals surface area contributed by atoms with Crippen molar-refractivity contribution in [3.8, 4) is 5.75 Å². The molecule has 0 atom stereocenters. The molecule has 0 unspecified atom stereocenters. The third-order valence-corrected chi connectivity index (χ3v) is 2.93. The van der Waals surface area contributed by atoms with E-state index in [9.17, 15) is 15.2 Å². The van der Waals surface area contributed by atoms with Crippen molar-refractivity contribution in [2.45, 2.75) is 52.4 Å². The highest BCUT2D eigenvalue weighted by molar-refractivity contribution is 5.57. The topological polar surface area (TPSA) is 66.2 Å². The number of hydrogen-bond acceptors (Lipinski definition) is 3. The van der Waals surface area contributed by atoms with Gasteiger partial charge in [0.05, 0.1) is 4.92 Å². The summed E-state index contributed by atoms with van der Waals surface area (Å²) in [6, 6.07) is 3.17. The fourth-order valence-electron chi connectivity index (χ4n) is 1.80. The predicted octanol–water partition coefficient (Wildman–Crippen LogP) is 3.26. The molecule has 0 aromatic heterocycles. The molecule has 0 saturated heterocycles. The van der Waals surface area contributed by atoms with E-state index in [2.05, 4.69) is 0 Å². The van der Waals surface area contributed by atoms with E-state index in [-0.39, 0.29) is 11.1 Å². The van der Waals surface area contributed by atoms with E-state index in [1.54, 1.807) is 6.07 Å². The second-order valence-electron chi connectivity index (χ2n) is 6.63. The van der Waals surface area contributed by atoms with Crippen molar-refractivity contribution in [3.63, 3.8) is 0 Å². The van der Waals surface area contributed by atoms with Crippen molar-refractivity contribution >= 4 is 5.69 Å². The minimum Gasteiger partial charge on any atom is -0.868 e. The molecule has 1 aromatic rings. The number of rotatable bonds is 1. The molecule has 0 fully saturated rings. The second kappa shape index (κ2) is 4.26. The van der Waals surface area contributed by atoms with Crippen molar-refractivity contribution in [3.05, 3.63) is 33.4 Å². The van der Waals surface area contributed by atoms with Gasteiger partial charge in [0.2, 0.25) is 0 Å². The minimum atomic E-state index is -0.574. The van der Waals surface area contributed by atoms with E-state index in [1.807, 2.05) is 41.5 Å². The maximum absolute atomic E-state index is 12.0. The third-order valence-electron chi connectivity index (χ3n) is 2.93. The van der Waals surface area contributed by atoms with Gasteiger partial charge in [-0.05, 0) is 28.2 Å². The van der Waals surface area contributed by atoms with E-state index >= 15 is 0 Å². The van der Waals surface area contributed by atoms with Crippen LogP contribution in [0.3, 0.4) is 0 Å². The highest BCUT2D eigenvalue weighted by atomic mass is 16.6. The Hall–Kier alpha value is -1.58. The summed E-state index contributed by atoms with van der Waals surface area (Å²) in [6.45, 7) is 11.6. The molecule has 0 radical (unpaired) electrons. The summed E-state index contributed by atoms with van der Waals surface area (Å²) in [4.78, 5) is 10.5. The third kappa shape index (κ3) is 2.81. The van der Waals surface area contributed by atoms with Gasteiger partial charge < -0.3 is 5.11 Å². The molecule has 0 bridgehead atoms. The molecule has 0 aliphatic heterocycles. The fourth-order valence-corrected chi connectivity index (χ4v) is 1.80. The van der Waals surface area contributed by atoms with E-state index < -0.39 is 16.1 Å². The summed E-state index contributed by atoms with van der Waals surface area (Å²) < 4.78 is 0. The largest absolute Gasteiger partial charge is 0.868 e. The van der Waals surface area contributed by atoms with Crippen LogP contribution < -0.4 is 5.11 Å². The van der Waals surface area contributed by atoms with Gasteiger partial charge in [0.25, 0.3) is 5.69 Å². The zero-order valence-corrected chi connectivity index (χ0v) is 11.8. The number of hydrogen-bond donors (Lipinski definition) is 0. The number of benzene rings is 1. The van der Waals surface area contributed by atoms with Crippen molar-refractivity contribution in [1.29, 1.82) is 0 Å². The van der Waals surface area contributed by atoms with Crippen LogP contribution in [-0.2, 0) is 10.8 Å². The Morgan fingerprint density at radius 3 is 1.83 bits per heavy atom. The number of nitro groups is 1. The van der Waals surface area contributed by atoms with Crippen LogP contribution in [0.2, 0.25) is 0 Å². The molecular formula is C14H20NO3-. The van der Waals surface area contributed by atoms with E-state index in [4.69, 9.17) is 0 Å². The molecule has 1 aromatic carbocycles. The maximum Gasteiger partial charge on any atom is 0.265 e. The standard InChI is InChI=1S/C14H21NO3/c1-13(2,3)9-7-10(14(4,5)6)12(15(17)18)11(16)8-9/h7-8,16H,1-6H3/p-1. The number of nitrogens with zero attached hydrogens (tertiary/aromatic N) is 1. The predicted molar refractivity (Wildman–Crippen MR) is 69.9 cm³/mol. The fraction of sp³-hybridized carbons (Fsp3) is 0.571. The lowest BCUT2D eigenvalue weighted by Gasteiger charge is -2.27. The van der Waals surface area contributed by atoms with Gasteiger partial charge in [-0.25, -0.2) is 0 Å². The highest BCUT2D eigenvalue weighted by Crippen LogP contribution is 2.39. The van der Waals surface area contributed by atoms with Crippen molar-refractivity contribution in [2.75, 3.05) is 0 Å². The van der Waals surface area contributed by atoms with Crippen LogP contribution in [0, 0.1) is 10.1 Å². The molecule has 0 spiro atoms. The molecule has 4 heteroatoms. The Morgan fingerprint density at radius 1 is 1.00 bits per heavy atom. The number of nitro benzene ring substituents is 1. The van der Waals surface area contributed by atoms with Crippen molar-refractivity contribution in [2.24, 2.45) is 0 Å². The molecule has 0 amide bonds. The van der Waals surface area contributed by atoms with Gasteiger partial charge in [-0.1, -0.05) is 47.6 Å². The molecule has 4 nitrogen and oxygen atoms in total. The lowest BCUT2D eigenvalue weighted by Crippen LogP contribution is -2.19. The summed E-state index contributed by atoms with van der Waals surface area (Å²) >= 11 is 0. The molecule has 0 aliphatic carbocycles. The Balaban J connectivity index is 3.64. The quantitative estimate of drug-likeness (QED) is 0.567. The molecular weight excluding hydrogens is 230 g/mol.